The van der Waals surface area contributed by atoms with E-state index in [2.05, 4.69) is 26.2 Å². The maximum atomic E-state index is 12.0. The van der Waals surface area contributed by atoms with E-state index in [9.17, 15) is 4.79 Å². The molecule has 2 rings (SSSR count). The summed E-state index contributed by atoms with van der Waals surface area (Å²) in [6.45, 7) is 2.34. The third-order valence-electron chi connectivity index (χ3n) is 2.16. The van der Waals surface area contributed by atoms with Crippen LogP contribution in [0.1, 0.15) is 17.3 Å². The van der Waals surface area contributed by atoms with E-state index in [-0.39, 0.29) is 5.91 Å². The average molecular weight is 311 g/mol. The summed E-state index contributed by atoms with van der Waals surface area (Å²) in [5.74, 6) is 0.109. The molecule has 0 unspecified atom stereocenters. The minimum Gasteiger partial charge on any atom is -0.476 e. The molecule has 0 aliphatic heterocycles. The van der Waals surface area contributed by atoms with Gasteiger partial charge in [0.1, 0.15) is 5.69 Å². The van der Waals surface area contributed by atoms with Crippen molar-refractivity contribution in [3.8, 4) is 5.88 Å². The molecule has 0 aliphatic rings. The van der Waals surface area contributed by atoms with Gasteiger partial charge in [-0.1, -0.05) is 0 Å². The van der Waals surface area contributed by atoms with Crippen LogP contribution in [0.5, 0.6) is 5.88 Å². The van der Waals surface area contributed by atoms with Crippen molar-refractivity contribution in [2.75, 3.05) is 11.9 Å². The van der Waals surface area contributed by atoms with Crippen molar-refractivity contribution in [3.05, 3.63) is 40.9 Å². The Morgan fingerprint density at radius 2 is 2.39 bits per heavy atom. The van der Waals surface area contributed by atoms with Crippen molar-refractivity contribution >= 4 is 27.5 Å². The summed E-state index contributed by atoms with van der Waals surface area (Å²) < 4.78 is 10.7. The Morgan fingerprint density at radius 1 is 1.56 bits per heavy atom. The van der Waals surface area contributed by atoms with Gasteiger partial charge in [-0.2, -0.15) is 0 Å². The number of furan rings is 1. The van der Waals surface area contributed by atoms with Gasteiger partial charge in [0.05, 0.1) is 18.4 Å². The van der Waals surface area contributed by atoms with Gasteiger partial charge in [0.25, 0.3) is 5.91 Å². The van der Waals surface area contributed by atoms with Crippen molar-refractivity contribution in [2.45, 2.75) is 6.92 Å². The van der Waals surface area contributed by atoms with Crippen LogP contribution in [0, 0.1) is 0 Å². The predicted molar refractivity (Wildman–Crippen MR) is 69.8 cm³/mol. The molecule has 0 radical (unpaired) electrons. The average Bonchev–Trinajstić information content (AvgIpc) is 2.78. The molecule has 5 nitrogen and oxygen atoms in total. The number of carbonyl (C=O) groups is 1. The lowest BCUT2D eigenvalue weighted by Crippen LogP contribution is -2.13. The number of carbonyl (C=O) groups excluding carboxylic acids is 1. The summed E-state index contributed by atoms with van der Waals surface area (Å²) in [6.07, 6.45) is 3.04. The highest BCUT2D eigenvalue weighted by atomic mass is 79.9. The van der Waals surface area contributed by atoms with Crippen LogP contribution in [0.3, 0.4) is 0 Å². The molecule has 2 heterocycles. The summed E-state index contributed by atoms with van der Waals surface area (Å²) in [6, 6.07) is 5.03. The summed E-state index contributed by atoms with van der Waals surface area (Å²) >= 11 is 3.16. The fourth-order valence-electron chi connectivity index (χ4n) is 1.38. The van der Waals surface area contributed by atoms with Gasteiger partial charge in [0.2, 0.25) is 5.88 Å². The number of aromatic nitrogens is 1. The number of pyridine rings is 1. The molecule has 1 amide bonds. The van der Waals surface area contributed by atoms with Gasteiger partial charge >= 0.3 is 0 Å². The molecule has 2 aromatic heterocycles. The van der Waals surface area contributed by atoms with Crippen molar-refractivity contribution in [1.82, 2.24) is 4.98 Å². The fraction of sp³-hybridized carbons (Fsp3) is 0.167. The third kappa shape index (κ3) is 2.70. The van der Waals surface area contributed by atoms with Gasteiger partial charge in [0, 0.05) is 6.20 Å². The first-order valence-corrected chi connectivity index (χ1v) is 6.13. The molecule has 0 atom stereocenters. The maximum Gasteiger partial charge on any atom is 0.260 e. The van der Waals surface area contributed by atoms with Gasteiger partial charge in [-0.05, 0) is 41.1 Å². The highest BCUT2D eigenvalue weighted by molar-refractivity contribution is 9.10. The molecular weight excluding hydrogens is 300 g/mol. The molecule has 2 aromatic rings. The standard InChI is InChI=1S/C12H11BrN2O3/c1-2-17-12-9(4-3-6-14-12)15-11(16)8-5-7-18-10(8)13/h3-7H,2H2,1H3,(H,15,16). The zero-order chi connectivity index (χ0) is 13.0. The molecule has 0 fully saturated rings. The molecule has 0 spiro atoms. The van der Waals surface area contributed by atoms with Crippen LogP contribution < -0.4 is 10.1 Å². The van der Waals surface area contributed by atoms with E-state index in [4.69, 9.17) is 9.15 Å². The second-order valence-electron chi connectivity index (χ2n) is 3.35. The number of amides is 1. The Hall–Kier alpha value is -1.82. The van der Waals surface area contributed by atoms with Crippen LogP contribution in [-0.4, -0.2) is 17.5 Å². The number of anilines is 1. The van der Waals surface area contributed by atoms with E-state index in [0.29, 0.717) is 28.4 Å². The first kappa shape index (κ1) is 12.6. The second kappa shape index (κ2) is 5.68. The van der Waals surface area contributed by atoms with Crippen molar-refractivity contribution < 1.29 is 13.9 Å². The number of nitrogens with zero attached hydrogens (tertiary/aromatic N) is 1. The Morgan fingerprint density at radius 3 is 3.06 bits per heavy atom. The van der Waals surface area contributed by atoms with E-state index >= 15 is 0 Å². The molecule has 6 heteroatoms. The van der Waals surface area contributed by atoms with E-state index < -0.39 is 0 Å². The second-order valence-corrected chi connectivity index (χ2v) is 4.07. The Kier molecular flexibility index (Phi) is 3.99. The Bertz CT molecular complexity index is 554. The molecule has 0 aliphatic carbocycles. The van der Waals surface area contributed by atoms with Gasteiger partial charge in [-0.15, -0.1) is 0 Å². The number of halogens is 1. The first-order chi connectivity index (χ1) is 8.72. The largest absolute Gasteiger partial charge is 0.476 e. The molecule has 0 aromatic carbocycles. The van der Waals surface area contributed by atoms with Gasteiger partial charge in [0.15, 0.2) is 4.67 Å². The van der Waals surface area contributed by atoms with E-state index in [1.165, 1.54) is 6.26 Å². The molecule has 0 saturated heterocycles. The highest BCUT2D eigenvalue weighted by Gasteiger charge is 2.15. The molecular formula is C12H11BrN2O3. The number of hydrogen-bond donors (Lipinski definition) is 1. The minimum atomic E-state index is -0.287. The Labute approximate surface area is 112 Å². The summed E-state index contributed by atoms with van der Waals surface area (Å²) in [7, 11) is 0. The predicted octanol–water partition coefficient (Wildman–Crippen LogP) is 3.09. The smallest absolute Gasteiger partial charge is 0.260 e. The quantitative estimate of drug-likeness (QED) is 0.942. The number of nitrogens with one attached hydrogen (secondary N) is 1. The summed E-state index contributed by atoms with van der Waals surface area (Å²) in [5.41, 5.74) is 0.943. The lowest BCUT2D eigenvalue weighted by molar-refractivity contribution is 0.102. The van der Waals surface area contributed by atoms with Crippen molar-refractivity contribution in [2.24, 2.45) is 0 Å². The minimum absolute atomic E-state index is 0.287. The van der Waals surface area contributed by atoms with Gasteiger partial charge in [-0.25, -0.2) is 4.98 Å². The van der Waals surface area contributed by atoms with E-state index in [1.54, 1.807) is 24.4 Å². The number of hydrogen-bond acceptors (Lipinski definition) is 4. The van der Waals surface area contributed by atoms with E-state index in [0.717, 1.165) is 0 Å². The van der Waals surface area contributed by atoms with Crippen molar-refractivity contribution in [1.29, 1.82) is 0 Å². The van der Waals surface area contributed by atoms with Crippen LogP contribution in [0.2, 0.25) is 0 Å². The SMILES string of the molecule is CCOc1ncccc1NC(=O)c1ccoc1Br. The van der Waals surface area contributed by atoms with Crippen LogP contribution in [-0.2, 0) is 0 Å². The monoisotopic (exact) mass is 310 g/mol. The molecule has 18 heavy (non-hydrogen) atoms. The van der Waals surface area contributed by atoms with E-state index in [1.807, 2.05) is 6.92 Å². The van der Waals surface area contributed by atoms with Crippen molar-refractivity contribution in [3.63, 3.8) is 0 Å². The molecule has 0 bridgehead atoms. The maximum absolute atomic E-state index is 12.0. The molecule has 1 N–H and O–H groups in total. The summed E-state index contributed by atoms with van der Waals surface area (Å²) in [5, 5.41) is 2.72. The summed E-state index contributed by atoms with van der Waals surface area (Å²) in [4.78, 5) is 16.0. The van der Waals surface area contributed by atoms with Crippen LogP contribution >= 0.6 is 15.9 Å². The van der Waals surface area contributed by atoms with Crippen LogP contribution in [0.15, 0.2) is 39.7 Å². The third-order valence-corrected chi connectivity index (χ3v) is 2.78. The lowest BCUT2D eigenvalue weighted by Gasteiger charge is -2.09. The van der Waals surface area contributed by atoms with Gasteiger partial charge in [-0.3, -0.25) is 4.79 Å². The Balaban J connectivity index is 2.19. The topological polar surface area (TPSA) is 64.4 Å². The van der Waals surface area contributed by atoms with Crippen LogP contribution in [0.25, 0.3) is 0 Å². The number of ether oxygens (including phenoxy) is 1. The lowest BCUT2D eigenvalue weighted by atomic mass is 10.3. The van der Waals surface area contributed by atoms with Gasteiger partial charge < -0.3 is 14.5 Å². The first-order valence-electron chi connectivity index (χ1n) is 5.34. The zero-order valence-corrected chi connectivity index (χ0v) is 11.2. The number of rotatable bonds is 4. The fourth-order valence-corrected chi connectivity index (χ4v) is 1.80. The zero-order valence-electron chi connectivity index (χ0n) is 9.64. The molecule has 0 saturated carbocycles. The normalized spacial score (nSPS) is 10.1. The molecule has 94 valence electrons. The van der Waals surface area contributed by atoms with Crippen LogP contribution in [0.4, 0.5) is 5.69 Å². The highest BCUT2D eigenvalue weighted by Crippen LogP contribution is 2.23.